The minimum atomic E-state index is -0.878. The van der Waals surface area contributed by atoms with E-state index in [9.17, 15) is 9.59 Å². The van der Waals surface area contributed by atoms with Crippen molar-refractivity contribution < 1.29 is 23.6 Å². The van der Waals surface area contributed by atoms with Crippen LogP contribution in [0.1, 0.15) is 72.8 Å². The van der Waals surface area contributed by atoms with Gasteiger partial charge < -0.3 is 19.3 Å². The van der Waals surface area contributed by atoms with E-state index in [0.717, 1.165) is 36.9 Å². The van der Waals surface area contributed by atoms with E-state index in [1.807, 2.05) is 13.8 Å². The molecule has 0 saturated heterocycles. The van der Waals surface area contributed by atoms with Crippen LogP contribution in [0.25, 0.3) is 0 Å². The molecule has 0 radical (unpaired) electrons. The van der Waals surface area contributed by atoms with E-state index < -0.39 is 12.1 Å². The molecule has 1 aromatic heterocycles. The third kappa shape index (κ3) is 5.62. The average Bonchev–Trinajstić information content (AvgIpc) is 2.91. The highest BCUT2D eigenvalue weighted by Crippen LogP contribution is 2.23. The number of hydrogen-bond acceptors (Lipinski definition) is 6. The largest absolute Gasteiger partial charge is 0.488 e. The average molecular weight is 415 g/mol. The maximum Gasteiger partial charge on any atom is 0.342 e. The van der Waals surface area contributed by atoms with Crippen LogP contribution in [0.15, 0.2) is 28.8 Å². The number of aromatic nitrogens is 1. The van der Waals surface area contributed by atoms with Crippen molar-refractivity contribution in [3.05, 3.63) is 46.8 Å². The Morgan fingerprint density at radius 3 is 2.53 bits per heavy atom. The summed E-state index contributed by atoms with van der Waals surface area (Å²) in [6.07, 6.45) is 5.74. The fourth-order valence-electron chi connectivity index (χ4n) is 3.64. The van der Waals surface area contributed by atoms with Crippen LogP contribution in [-0.2, 0) is 16.1 Å². The van der Waals surface area contributed by atoms with Crippen LogP contribution in [0.2, 0.25) is 0 Å². The summed E-state index contributed by atoms with van der Waals surface area (Å²) < 4.78 is 16.4. The minimum Gasteiger partial charge on any atom is -0.488 e. The summed E-state index contributed by atoms with van der Waals surface area (Å²) in [6, 6.07) is 7.00. The molecule has 1 amide bonds. The summed E-state index contributed by atoms with van der Waals surface area (Å²) in [5.74, 6) is 0.215. The normalized spacial score (nSPS) is 15.8. The van der Waals surface area contributed by atoms with Gasteiger partial charge in [0, 0.05) is 6.04 Å². The van der Waals surface area contributed by atoms with Crippen molar-refractivity contribution in [1.82, 2.24) is 10.5 Å². The quantitative estimate of drug-likeness (QED) is 0.538. The zero-order valence-electron chi connectivity index (χ0n) is 17.9. The number of aryl methyl sites for hydroxylation is 2. The van der Waals surface area contributed by atoms with E-state index in [1.165, 1.54) is 12.8 Å². The Bertz CT molecular complexity index is 849. The summed E-state index contributed by atoms with van der Waals surface area (Å²) in [6.45, 7) is 5.47. The number of ether oxygens (including phenoxy) is 2. The van der Waals surface area contributed by atoms with Gasteiger partial charge in [0.2, 0.25) is 0 Å². The predicted molar refractivity (Wildman–Crippen MR) is 111 cm³/mol. The first-order valence-corrected chi connectivity index (χ1v) is 10.6. The van der Waals surface area contributed by atoms with Gasteiger partial charge in [0.15, 0.2) is 6.10 Å². The summed E-state index contributed by atoms with van der Waals surface area (Å²) in [7, 11) is 0. The molecule has 1 aliphatic rings. The Balaban J connectivity index is 1.60. The molecule has 1 N–H and O–H groups in total. The molecule has 1 aliphatic carbocycles. The van der Waals surface area contributed by atoms with E-state index in [4.69, 9.17) is 14.0 Å². The van der Waals surface area contributed by atoms with Crippen molar-refractivity contribution in [1.29, 1.82) is 0 Å². The third-order valence-electron chi connectivity index (χ3n) is 5.51. The molecule has 0 unspecified atom stereocenters. The maximum absolute atomic E-state index is 12.7. The first-order valence-electron chi connectivity index (χ1n) is 10.6. The van der Waals surface area contributed by atoms with Crippen LogP contribution in [0.3, 0.4) is 0 Å². The van der Waals surface area contributed by atoms with Gasteiger partial charge in [0.1, 0.15) is 23.7 Å². The summed E-state index contributed by atoms with van der Waals surface area (Å²) >= 11 is 0. The SMILES string of the molecule is Cc1noc(C)c1COc1ccccc1C(=O)O[C@H](C)C(=O)NC1CCCCCC1. The molecule has 7 nitrogen and oxygen atoms in total. The van der Waals surface area contributed by atoms with E-state index in [-0.39, 0.29) is 24.1 Å². The first kappa shape index (κ1) is 21.9. The maximum atomic E-state index is 12.7. The molecule has 30 heavy (non-hydrogen) atoms. The molecule has 162 valence electrons. The second-order valence-electron chi connectivity index (χ2n) is 7.83. The van der Waals surface area contributed by atoms with Crippen molar-refractivity contribution >= 4 is 11.9 Å². The highest BCUT2D eigenvalue weighted by atomic mass is 16.5. The molecule has 1 aromatic carbocycles. The second-order valence-corrected chi connectivity index (χ2v) is 7.83. The fourth-order valence-corrected chi connectivity index (χ4v) is 3.64. The topological polar surface area (TPSA) is 90.7 Å². The molecule has 0 aliphatic heterocycles. The lowest BCUT2D eigenvalue weighted by atomic mass is 10.1. The molecular formula is C23H30N2O5. The number of hydrogen-bond donors (Lipinski definition) is 1. The molecule has 1 saturated carbocycles. The van der Waals surface area contributed by atoms with Gasteiger partial charge >= 0.3 is 5.97 Å². The standard InChI is InChI=1S/C23H30N2O5/c1-15-20(16(2)30-25-15)14-28-21-13-9-8-12-19(21)23(27)29-17(3)22(26)24-18-10-6-4-5-7-11-18/h8-9,12-13,17-18H,4-7,10-11,14H2,1-3H3,(H,24,26)/t17-/m1/s1. The summed E-state index contributed by atoms with van der Waals surface area (Å²) in [5.41, 5.74) is 1.86. The molecule has 2 aromatic rings. The summed E-state index contributed by atoms with van der Waals surface area (Å²) in [5, 5.41) is 6.93. The Morgan fingerprint density at radius 2 is 1.87 bits per heavy atom. The van der Waals surface area contributed by atoms with Crippen LogP contribution >= 0.6 is 0 Å². The van der Waals surface area contributed by atoms with Gasteiger partial charge in [-0.15, -0.1) is 0 Å². The lowest BCUT2D eigenvalue weighted by Crippen LogP contribution is -2.41. The highest BCUT2D eigenvalue weighted by molar-refractivity contribution is 5.94. The lowest BCUT2D eigenvalue weighted by Gasteiger charge is -2.20. The molecule has 1 fully saturated rings. The van der Waals surface area contributed by atoms with E-state index in [1.54, 1.807) is 31.2 Å². The van der Waals surface area contributed by atoms with Crippen LogP contribution in [-0.4, -0.2) is 29.2 Å². The molecule has 1 atom stereocenters. The van der Waals surface area contributed by atoms with Gasteiger partial charge in [-0.05, 0) is 45.7 Å². The van der Waals surface area contributed by atoms with Gasteiger partial charge in [0.25, 0.3) is 5.91 Å². The number of rotatable bonds is 7. The monoisotopic (exact) mass is 414 g/mol. The zero-order chi connectivity index (χ0) is 21.5. The van der Waals surface area contributed by atoms with Crippen LogP contribution in [0.4, 0.5) is 0 Å². The van der Waals surface area contributed by atoms with Crippen LogP contribution in [0.5, 0.6) is 5.75 Å². The predicted octanol–water partition coefficient (Wildman–Crippen LogP) is 4.25. The number of nitrogens with zero attached hydrogens (tertiary/aromatic N) is 1. The van der Waals surface area contributed by atoms with E-state index in [0.29, 0.717) is 11.5 Å². The van der Waals surface area contributed by atoms with Gasteiger partial charge in [0.05, 0.1) is 11.3 Å². The third-order valence-corrected chi connectivity index (χ3v) is 5.51. The Morgan fingerprint density at radius 1 is 1.17 bits per heavy atom. The Hall–Kier alpha value is -2.83. The van der Waals surface area contributed by atoms with Crippen molar-refractivity contribution in [3.63, 3.8) is 0 Å². The number of para-hydroxylation sites is 1. The lowest BCUT2D eigenvalue weighted by molar-refractivity contribution is -0.129. The van der Waals surface area contributed by atoms with Gasteiger partial charge in [-0.25, -0.2) is 4.79 Å². The smallest absolute Gasteiger partial charge is 0.342 e. The number of esters is 1. The van der Waals surface area contributed by atoms with Crippen LogP contribution in [0, 0.1) is 13.8 Å². The van der Waals surface area contributed by atoms with E-state index in [2.05, 4.69) is 10.5 Å². The molecule has 0 spiro atoms. The van der Waals surface area contributed by atoms with Crippen molar-refractivity contribution in [3.8, 4) is 5.75 Å². The van der Waals surface area contributed by atoms with Crippen molar-refractivity contribution in [2.45, 2.75) is 78.0 Å². The molecule has 7 heteroatoms. The Labute approximate surface area is 177 Å². The number of carbonyl (C=O) groups is 2. The van der Waals surface area contributed by atoms with Gasteiger partial charge in [-0.3, -0.25) is 4.79 Å². The second kappa shape index (κ2) is 10.3. The Kier molecular flexibility index (Phi) is 7.49. The molecule has 3 rings (SSSR count). The van der Waals surface area contributed by atoms with E-state index >= 15 is 0 Å². The number of amides is 1. The first-order chi connectivity index (χ1) is 14.5. The molecular weight excluding hydrogens is 384 g/mol. The minimum absolute atomic E-state index is 0.159. The number of carbonyl (C=O) groups excluding carboxylic acids is 2. The zero-order valence-corrected chi connectivity index (χ0v) is 17.9. The van der Waals surface area contributed by atoms with Crippen molar-refractivity contribution in [2.75, 3.05) is 0 Å². The highest BCUT2D eigenvalue weighted by Gasteiger charge is 2.24. The summed E-state index contributed by atoms with van der Waals surface area (Å²) in [4.78, 5) is 25.2. The molecule has 1 heterocycles. The fraction of sp³-hybridized carbons (Fsp3) is 0.522. The number of nitrogens with one attached hydrogen (secondary N) is 1. The van der Waals surface area contributed by atoms with Crippen molar-refractivity contribution in [2.24, 2.45) is 0 Å². The molecule has 0 bridgehead atoms. The van der Waals surface area contributed by atoms with Gasteiger partial charge in [-0.2, -0.15) is 0 Å². The van der Waals surface area contributed by atoms with Gasteiger partial charge in [-0.1, -0.05) is 43.0 Å². The number of benzene rings is 1. The van der Waals surface area contributed by atoms with Crippen LogP contribution < -0.4 is 10.1 Å².